The Bertz CT molecular complexity index is 224. The summed E-state index contributed by atoms with van der Waals surface area (Å²) in [7, 11) is 3.31. The average Bonchev–Trinajstić information content (AvgIpc) is 2.39. The molecule has 1 heterocycles. The highest BCUT2D eigenvalue weighted by Gasteiger charge is 2.41. The van der Waals surface area contributed by atoms with Gasteiger partial charge in [0.25, 0.3) is 0 Å². The summed E-state index contributed by atoms with van der Waals surface area (Å²) in [6.45, 7) is 7.21. The van der Waals surface area contributed by atoms with Crippen molar-refractivity contribution in [3.63, 3.8) is 0 Å². The largest absolute Gasteiger partial charge is 0.376 e. The lowest BCUT2D eigenvalue weighted by Crippen LogP contribution is -2.64. The maximum absolute atomic E-state index is 5.93. The van der Waals surface area contributed by atoms with Crippen LogP contribution in [0.2, 0.25) is 0 Å². The average molecular weight is 246 g/mol. The number of morpholine rings is 1. The van der Waals surface area contributed by atoms with Gasteiger partial charge >= 0.3 is 0 Å². The minimum atomic E-state index is -0.317. The molecule has 5 nitrogen and oxygen atoms in total. The molecule has 1 aliphatic heterocycles. The molecule has 0 radical (unpaired) electrons. The van der Waals surface area contributed by atoms with Gasteiger partial charge in [0.05, 0.1) is 18.2 Å². The van der Waals surface area contributed by atoms with Gasteiger partial charge in [-0.2, -0.15) is 0 Å². The van der Waals surface area contributed by atoms with Gasteiger partial charge in [-0.3, -0.25) is 4.90 Å². The second-order valence-corrected chi connectivity index (χ2v) is 4.71. The Kier molecular flexibility index (Phi) is 5.82. The van der Waals surface area contributed by atoms with Crippen LogP contribution in [0.1, 0.15) is 20.3 Å². The number of hydrogen-bond donors (Lipinski definition) is 1. The number of methoxy groups -OCH3 is 2. The smallest absolute Gasteiger partial charge is 0.176 e. The van der Waals surface area contributed by atoms with E-state index in [4.69, 9.17) is 19.9 Å². The molecule has 0 amide bonds. The highest BCUT2D eigenvalue weighted by molar-refractivity contribution is 4.93. The van der Waals surface area contributed by atoms with E-state index in [9.17, 15) is 0 Å². The maximum Gasteiger partial charge on any atom is 0.176 e. The molecule has 1 rings (SSSR count). The summed E-state index contributed by atoms with van der Waals surface area (Å²) in [5, 5.41) is 0. The lowest BCUT2D eigenvalue weighted by atomic mass is 9.97. The summed E-state index contributed by atoms with van der Waals surface area (Å²) in [5.74, 6) is 0. The van der Waals surface area contributed by atoms with Crippen LogP contribution in [0.3, 0.4) is 0 Å². The van der Waals surface area contributed by atoms with E-state index in [2.05, 4.69) is 18.7 Å². The maximum atomic E-state index is 5.93. The summed E-state index contributed by atoms with van der Waals surface area (Å²) < 4.78 is 16.5. The van der Waals surface area contributed by atoms with Gasteiger partial charge in [0.1, 0.15) is 0 Å². The number of rotatable bonds is 6. The van der Waals surface area contributed by atoms with E-state index >= 15 is 0 Å². The SMILES string of the molecule is CCC1CN(C(C)(CN)C(OC)OC)CCO1. The number of hydrogen-bond acceptors (Lipinski definition) is 5. The molecule has 1 aliphatic rings. The number of ether oxygens (including phenoxy) is 3. The van der Waals surface area contributed by atoms with Crippen molar-refractivity contribution in [3.05, 3.63) is 0 Å². The van der Waals surface area contributed by atoms with Crippen LogP contribution < -0.4 is 5.73 Å². The lowest BCUT2D eigenvalue weighted by molar-refractivity contribution is -0.197. The summed E-state index contributed by atoms with van der Waals surface area (Å²) in [5.41, 5.74) is 5.63. The molecule has 1 fully saturated rings. The summed E-state index contributed by atoms with van der Waals surface area (Å²) in [6, 6.07) is 0. The molecule has 17 heavy (non-hydrogen) atoms. The van der Waals surface area contributed by atoms with Crippen LogP contribution in [0.15, 0.2) is 0 Å². The first-order chi connectivity index (χ1) is 8.12. The molecule has 5 heteroatoms. The molecule has 1 saturated heterocycles. The van der Waals surface area contributed by atoms with E-state index in [1.54, 1.807) is 14.2 Å². The number of nitrogens with zero attached hydrogens (tertiary/aromatic N) is 1. The first-order valence-corrected chi connectivity index (χ1v) is 6.24. The van der Waals surface area contributed by atoms with Gasteiger partial charge in [-0.15, -0.1) is 0 Å². The Balaban J connectivity index is 2.76. The fourth-order valence-electron chi connectivity index (χ4n) is 2.41. The van der Waals surface area contributed by atoms with E-state index in [1.165, 1.54) is 0 Å². The highest BCUT2D eigenvalue weighted by atomic mass is 16.7. The predicted molar refractivity (Wildman–Crippen MR) is 66.9 cm³/mol. The molecular formula is C12H26N2O3. The van der Waals surface area contributed by atoms with E-state index < -0.39 is 0 Å². The minimum Gasteiger partial charge on any atom is -0.376 e. The molecule has 0 spiro atoms. The van der Waals surface area contributed by atoms with Crippen molar-refractivity contribution in [1.29, 1.82) is 0 Å². The van der Waals surface area contributed by atoms with Crippen LogP contribution in [0.5, 0.6) is 0 Å². The molecule has 2 N–H and O–H groups in total. The molecule has 0 aromatic heterocycles. The number of nitrogens with two attached hydrogens (primary N) is 1. The van der Waals surface area contributed by atoms with Crippen molar-refractivity contribution in [3.8, 4) is 0 Å². The van der Waals surface area contributed by atoms with Gasteiger partial charge in [0.2, 0.25) is 0 Å². The molecule has 0 aromatic carbocycles. The summed E-state index contributed by atoms with van der Waals surface area (Å²) in [6.07, 6.45) is 0.981. The Morgan fingerprint density at radius 1 is 1.47 bits per heavy atom. The minimum absolute atomic E-state index is 0.281. The summed E-state index contributed by atoms with van der Waals surface area (Å²) in [4.78, 5) is 2.32. The van der Waals surface area contributed by atoms with Gasteiger partial charge in [0.15, 0.2) is 6.29 Å². The van der Waals surface area contributed by atoms with Crippen LogP contribution in [-0.4, -0.2) is 63.3 Å². The summed E-state index contributed by atoms with van der Waals surface area (Å²) >= 11 is 0. The van der Waals surface area contributed by atoms with Crippen molar-refractivity contribution in [2.75, 3.05) is 40.5 Å². The van der Waals surface area contributed by atoms with Gasteiger partial charge in [0, 0.05) is 33.9 Å². The Morgan fingerprint density at radius 2 is 2.12 bits per heavy atom. The van der Waals surface area contributed by atoms with Crippen molar-refractivity contribution in [2.24, 2.45) is 5.73 Å². The van der Waals surface area contributed by atoms with Crippen LogP contribution in [0.4, 0.5) is 0 Å². The van der Waals surface area contributed by atoms with Gasteiger partial charge in [-0.25, -0.2) is 0 Å². The zero-order valence-electron chi connectivity index (χ0n) is 11.4. The van der Waals surface area contributed by atoms with Gasteiger partial charge in [-0.05, 0) is 13.3 Å². The molecule has 102 valence electrons. The van der Waals surface area contributed by atoms with Crippen LogP contribution in [0, 0.1) is 0 Å². The Hall–Kier alpha value is -0.200. The zero-order valence-corrected chi connectivity index (χ0v) is 11.4. The Labute approximate surface area is 104 Å². The topological polar surface area (TPSA) is 57.0 Å². The monoisotopic (exact) mass is 246 g/mol. The van der Waals surface area contributed by atoms with Crippen molar-refractivity contribution < 1.29 is 14.2 Å². The lowest BCUT2D eigenvalue weighted by Gasteiger charge is -2.47. The van der Waals surface area contributed by atoms with Gasteiger partial charge in [-0.1, -0.05) is 6.92 Å². The third-order valence-electron chi connectivity index (χ3n) is 3.67. The first kappa shape index (κ1) is 14.9. The van der Waals surface area contributed by atoms with Crippen molar-refractivity contribution in [2.45, 2.75) is 38.2 Å². The van der Waals surface area contributed by atoms with Crippen LogP contribution in [0.25, 0.3) is 0 Å². The fraction of sp³-hybridized carbons (Fsp3) is 1.00. The standard InChI is InChI=1S/C12H26N2O3/c1-5-10-8-14(6-7-17-10)12(2,9-13)11(15-3)16-4/h10-11H,5-9,13H2,1-4H3. The zero-order chi connectivity index (χ0) is 12.9. The van der Waals surface area contributed by atoms with E-state index in [1.807, 2.05) is 0 Å². The predicted octanol–water partition coefficient (Wildman–Crippen LogP) is 0.434. The third-order valence-corrected chi connectivity index (χ3v) is 3.67. The molecule has 2 unspecified atom stereocenters. The fourth-order valence-corrected chi connectivity index (χ4v) is 2.41. The molecule has 0 bridgehead atoms. The molecular weight excluding hydrogens is 220 g/mol. The molecule has 0 saturated carbocycles. The normalized spacial score (nSPS) is 26.1. The second-order valence-electron chi connectivity index (χ2n) is 4.71. The van der Waals surface area contributed by atoms with E-state index in [0.717, 1.165) is 26.1 Å². The first-order valence-electron chi connectivity index (χ1n) is 6.24. The molecule has 0 aliphatic carbocycles. The van der Waals surface area contributed by atoms with E-state index in [-0.39, 0.29) is 17.9 Å². The third kappa shape index (κ3) is 3.17. The van der Waals surface area contributed by atoms with Crippen molar-refractivity contribution in [1.82, 2.24) is 4.90 Å². The van der Waals surface area contributed by atoms with Gasteiger partial charge < -0.3 is 19.9 Å². The molecule has 2 atom stereocenters. The van der Waals surface area contributed by atoms with Crippen LogP contribution >= 0.6 is 0 Å². The Morgan fingerprint density at radius 3 is 2.59 bits per heavy atom. The van der Waals surface area contributed by atoms with Crippen molar-refractivity contribution >= 4 is 0 Å². The highest BCUT2D eigenvalue weighted by Crippen LogP contribution is 2.24. The van der Waals surface area contributed by atoms with E-state index in [0.29, 0.717) is 6.54 Å². The second kappa shape index (κ2) is 6.66. The quantitative estimate of drug-likeness (QED) is 0.689. The van der Waals surface area contributed by atoms with Crippen LogP contribution in [-0.2, 0) is 14.2 Å². The molecule has 0 aromatic rings.